The first-order chi connectivity index (χ1) is 11.9. The van der Waals surface area contributed by atoms with Crippen LogP contribution in [-0.4, -0.2) is 32.8 Å². The summed E-state index contributed by atoms with van der Waals surface area (Å²) in [4.78, 5) is 0.205. The van der Waals surface area contributed by atoms with Gasteiger partial charge in [-0.15, -0.1) is 0 Å². The Bertz CT molecular complexity index is 745. The van der Waals surface area contributed by atoms with Crippen LogP contribution in [0.3, 0.4) is 0 Å². The number of hydrogen-bond acceptors (Lipinski definition) is 4. The molecule has 0 aliphatic heterocycles. The van der Waals surface area contributed by atoms with Crippen molar-refractivity contribution in [3.8, 4) is 0 Å². The van der Waals surface area contributed by atoms with Gasteiger partial charge in [0.2, 0.25) is 10.0 Å². The van der Waals surface area contributed by atoms with Crippen molar-refractivity contribution in [1.82, 2.24) is 4.72 Å². The number of ether oxygens (including phenoxy) is 1. The van der Waals surface area contributed by atoms with E-state index in [1.165, 1.54) is 0 Å². The van der Waals surface area contributed by atoms with E-state index in [0.717, 1.165) is 11.1 Å². The molecule has 0 saturated carbocycles. The van der Waals surface area contributed by atoms with Crippen LogP contribution in [0.5, 0.6) is 0 Å². The number of hydrogen-bond donors (Lipinski definition) is 2. The fourth-order valence-corrected chi connectivity index (χ4v) is 3.63. The number of aliphatic hydroxyl groups excluding tert-OH is 1. The lowest BCUT2D eigenvalue weighted by molar-refractivity contribution is 0.0783. The summed E-state index contributed by atoms with van der Waals surface area (Å²) in [6.45, 7) is 4.13. The van der Waals surface area contributed by atoms with Gasteiger partial charge in [0.1, 0.15) is 0 Å². The summed E-state index contributed by atoms with van der Waals surface area (Å²) < 4.78 is 33.4. The van der Waals surface area contributed by atoms with Gasteiger partial charge >= 0.3 is 0 Å². The first kappa shape index (κ1) is 19.6. The van der Waals surface area contributed by atoms with E-state index in [2.05, 4.69) is 4.72 Å². The van der Waals surface area contributed by atoms with Crippen LogP contribution < -0.4 is 4.72 Å². The van der Waals surface area contributed by atoms with E-state index >= 15 is 0 Å². The molecule has 0 aliphatic carbocycles. The summed E-state index contributed by atoms with van der Waals surface area (Å²) in [6, 6.07) is 15.8. The summed E-state index contributed by atoms with van der Waals surface area (Å²) in [5.41, 5.74) is 2.00. The van der Waals surface area contributed by atoms with Gasteiger partial charge in [0.05, 0.1) is 24.2 Å². The highest BCUT2D eigenvalue weighted by Gasteiger charge is 2.24. The molecule has 0 fully saturated rings. The van der Waals surface area contributed by atoms with Crippen LogP contribution in [0.25, 0.3) is 0 Å². The molecule has 2 atom stereocenters. The number of sulfonamides is 1. The fraction of sp³-hybridized carbons (Fsp3) is 0.368. The van der Waals surface area contributed by atoms with Gasteiger partial charge in [-0.3, -0.25) is 0 Å². The van der Waals surface area contributed by atoms with Gasteiger partial charge < -0.3 is 9.84 Å². The molecule has 0 aromatic heterocycles. The van der Waals surface area contributed by atoms with Gasteiger partial charge in [0, 0.05) is 6.61 Å². The zero-order valence-corrected chi connectivity index (χ0v) is 15.4. The van der Waals surface area contributed by atoms with Crippen LogP contribution in [0.2, 0.25) is 0 Å². The van der Waals surface area contributed by atoms with E-state index in [4.69, 9.17) is 4.74 Å². The Hall–Kier alpha value is -1.73. The third-order valence-electron chi connectivity index (χ3n) is 4.02. The number of benzene rings is 2. The van der Waals surface area contributed by atoms with Crippen molar-refractivity contribution in [2.24, 2.45) is 5.92 Å². The SMILES string of the molecule is Cc1ccc(S(=O)(=O)N[C@@H](COCc2ccccc2)[C@@H](C)CO)cc1. The molecule has 25 heavy (non-hydrogen) atoms. The van der Waals surface area contributed by atoms with Crippen LogP contribution in [0.4, 0.5) is 0 Å². The fourth-order valence-electron chi connectivity index (χ4n) is 2.30. The molecule has 2 N–H and O–H groups in total. The minimum atomic E-state index is -3.67. The van der Waals surface area contributed by atoms with E-state index in [0.29, 0.717) is 6.61 Å². The molecule has 0 aliphatic rings. The monoisotopic (exact) mass is 363 g/mol. The minimum Gasteiger partial charge on any atom is -0.396 e. The standard InChI is InChI=1S/C19H25NO4S/c1-15-8-10-18(11-9-15)25(22,23)20-19(16(2)12-21)14-24-13-17-6-4-3-5-7-17/h3-11,16,19-21H,12-14H2,1-2H3/t16-,19-/m0/s1. The van der Waals surface area contributed by atoms with Crippen molar-refractivity contribution in [3.05, 3.63) is 65.7 Å². The van der Waals surface area contributed by atoms with Crippen molar-refractivity contribution < 1.29 is 18.3 Å². The number of nitrogens with one attached hydrogen (secondary N) is 1. The van der Waals surface area contributed by atoms with E-state index in [1.54, 1.807) is 31.2 Å². The van der Waals surface area contributed by atoms with E-state index in [1.807, 2.05) is 37.3 Å². The Morgan fingerprint density at radius 3 is 2.32 bits per heavy atom. The molecular formula is C19H25NO4S. The summed E-state index contributed by atoms with van der Waals surface area (Å²) in [7, 11) is -3.67. The summed E-state index contributed by atoms with van der Waals surface area (Å²) in [5.74, 6) is -0.268. The van der Waals surface area contributed by atoms with Crippen LogP contribution in [0.1, 0.15) is 18.1 Å². The van der Waals surface area contributed by atoms with Gasteiger partial charge in [-0.2, -0.15) is 0 Å². The predicted molar refractivity (Wildman–Crippen MR) is 97.6 cm³/mol. The Kier molecular flexibility index (Phi) is 7.13. The van der Waals surface area contributed by atoms with Crippen LogP contribution in [0.15, 0.2) is 59.5 Å². The average molecular weight is 363 g/mol. The zero-order chi connectivity index (χ0) is 18.3. The Morgan fingerprint density at radius 1 is 1.08 bits per heavy atom. The van der Waals surface area contributed by atoms with Gasteiger partial charge in [-0.05, 0) is 30.5 Å². The molecule has 2 rings (SSSR count). The quantitative estimate of drug-likeness (QED) is 0.718. The van der Waals surface area contributed by atoms with Gasteiger partial charge in [-0.1, -0.05) is 55.0 Å². The molecule has 0 amide bonds. The average Bonchev–Trinajstić information content (AvgIpc) is 2.61. The van der Waals surface area contributed by atoms with Gasteiger partial charge in [0.15, 0.2) is 0 Å². The summed E-state index contributed by atoms with van der Waals surface area (Å²) in [5, 5.41) is 9.43. The Balaban J connectivity index is 2.02. The summed E-state index contributed by atoms with van der Waals surface area (Å²) in [6.07, 6.45) is 0. The third-order valence-corrected chi connectivity index (χ3v) is 5.53. The third kappa shape index (κ3) is 5.93. The molecule has 0 radical (unpaired) electrons. The van der Waals surface area contributed by atoms with Crippen LogP contribution in [0, 0.1) is 12.8 Å². The van der Waals surface area contributed by atoms with Crippen molar-refractivity contribution in [3.63, 3.8) is 0 Å². The number of aryl methyl sites for hydroxylation is 1. The van der Waals surface area contributed by atoms with E-state index in [9.17, 15) is 13.5 Å². The lowest BCUT2D eigenvalue weighted by atomic mass is 10.1. The molecule has 5 nitrogen and oxygen atoms in total. The van der Waals surface area contributed by atoms with Crippen molar-refractivity contribution in [1.29, 1.82) is 0 Å². The first-order valence-corrected chi connectivity index (χ1v) is 9.72. The minimum absolute atomic E-state index is 0.129. The largest absolute Gasteiger partial charge is 0.396 e. The number of aliphatic hydroxyl groups is 1. The molecule has 0 unspecified atom stereocenters. The maximum Gasteiger partial charge on any atom is 0.240 e. The molecule has 2 aromatic rings. The van der Waals surface area contributed by atoms with Crippen molar-refractivity contribution in [2.45, 2.75) is 31.4 Å². The number of rotatable bonds is 9. The van der Waals surface area contributed by atoms with Crippen molar-refractivity contribution in [2.75, 3.05) is 13.2 Å². The highest BCUT2D eigenvalue weighted by molar-refractivity contribution is 7.89. The predicted octanol–water partition coefficient (Wildman–Crippen LogP) is 2.49. The maximum atomic E-state index is 12.6. The Labute approximate surface area is 149 Å². The molecule has 6 heteroatoms. The lowest BCUT2D eigenvalue weighted by Gasteiger charge is -2.23. The highest BCUT2D eigenvalue weighted by Crippen LogP contribution is 2.14. The molecule has 0 spiro atoms. The maximum absolute atomic E-state index is 12.6. The zero-order valence-electron chi connectivity index (χ0n) is 14.6. The van der Waals surface area contributed by atoms with Crippen molar-refractivity contribution >= 4 is 10.0 Å². The molecule has 0 saturated heterocycles. The summed E-state index contributed by atoms with van der Waals surface area (Å²) >= 11 is 0. The van der Waals surface area contributed by atoms with Crippen LogP contribution >= 0.6 is 0 Å². The topological polar surface area (TPSA) is 75.6 Å². The highest BCUT2D eigenvalue weighted by atomic mass is 32.2. The molecule has 2 aromatic carbocycles. The molecule has 136 valence electrons. The van der Waals surface area contributed by atoms with E-state index in [-0.39, 0.29) is 24.0 Å². The first-order valence-electron chi connectivity index (χ1n) is 8.24. The molecule has 0 bridgehead atoms. The van der Waals surface area contributed by atoms with Gasteiger partial charge in [-0.25, -0.2) is 13.1 Å². The second-order valence-electron chi connectivity index (χ2n) is 6.20. The second kappa shape index (κ2) is 9.10. The molecular weight excluding hydrogens is 338 g/mol. The van der Waals surface area contributed by atoms with Crippen LogP contribution in [-0.2, 0) is 21.4 Å². The van der Waals surface area contributed by atoms with E-state index < -0.39 is 16.1 Å². The smallest absolute Gasteiger partial charge is 0.240 e. The van der Waals surface area contributed by atoms with Gasteiger partial charge in [0.25, 0.3) is 0 Å². The lowest BCUT2D eigenvalue weighted by Crippen LogP contribution is -2.43. The Morgan fingerprint density at radius 2 is 1.72 bits per heavy atom. The normalized spacial score (nSPS) is 14.2. The second-order valence-corrected chi connectivity index (χ2v) is 7.92. The molecule has 0 heterocycles.